The number of carbonyl (C=O) groups excluding carboxylic acids is 1. The van der Waals surface area contributed by atoms with Gasteiger partial charge in [-0.25, -0.2) is 0 Å². The maximum atomic E-state index is 11.4. The minimum absolute atomic E-state index is 0.228. The highest BCUT2D eigenvalue weighted by Crippen LogP contribution is 2.11. The van der Waals surface area contributed by atoms with Gasteiger partial charge in [-0.05, 0) is 26.8 Å². The number of amides is 1. The molecule has 1 rings (SSSR count). The van der Waals surface area contributed by atoms with Crippen LogP contribution in [0.5, 0.6) is 0 Å². The van der Waals surface area contributed by atoms with Crippen LogP contribution >= 0.6 is 0 Å². The molecule has 0 spiro atoms. The predicted molar refractivity (Wildman–Crippen MR) is 67.7 cm³/mol. The summed E-state index contributed by atoms with van der Waals surface area (Å²) >= 11 is 0. The van der Waals surface area contributed by atoms with Crippen molar-refractivity contribution in [3.8, 4) is 0 Å². The molecule has 3 N–H and O–H groups in total. The standard InChI is InChI=1S/C12H25N3O2/c1-4-5-14-11(12(13)16)7-15-6-10(3)17-8-9(15)2/h9-11,14H,4-8H2,1-3H3,(H2,13,16). The minimum Gasteiger partial charge on any atom is -0.376 e. The molecule has 0 aromatic rings. The Kier molecular flexibility index (Phi) is 5.88. The number of carbonyl (C=O) groups is 1. The molecule has 1 heterocycles. The summed E-state index contributed by atoms with van der Waals surface area (Å²) < 4.78 is 5.57. The van der Waals surface area contributed by atoms with Gasteiger partial charge in [0, 0.05) is 19.1 Å². The fraction of sp³-hybridized carbons (Fsp3) is 0.917. The highest BCUT2D eigenvalue weighted by Gasteiger charge is 2.27. The molecular formula is C12H25N3O2. The number of rotatable bonds is 6. The molecule has 1 aliphatic rings. The van der Waals surface area contributed by atoms with E-state index in [9.17, 15) is 4.79 Å². The van der Waals surface area contributed by atoms with Crippen molar-refractivity contribution in [3.63, 3.8) is 0 Å². The quantitative estimate of drug-likeness (QED) is 0.686. The number of primary amides is 1. The van der Waals surface area contributed by atoms with Crippen LogP contribution in [0.25, 0.3) is 0 Å². The zero-order chi connectivity index (χ0) is 12.8. The van der Waals surface area contributed by atoms with Crippen LogP contribution in [-0.4, -0.2) is 55.2 Å². The second-order valence-corrected chi connectivity index (χ2v) is 4.86. The van der Waals surface area contributed by atoms with Gasteiger partial charge in [0.1, 0.15) is 0 Å². The molecule has 1 saturated heterocycles. The molecule has 3 atom stereocenters. The molecule has 5 heteroatoms. The molecule has 3 unspecified atom stereocenters. The third-order valence-electron chi connectivity index (χ3n) is 3.14. The average Bonchev–Trinajstić information content (AvgIpc) is 2.28. The van der Waals surface area contributed by atoms with Crippen molar-refractivity contribution >= 4 is 5.91 Å². The van der Waals surface area contributed by atoms with Gasteiger partial charge in [0.25, 0.3) is 0 Å². The van der Waals surface area contributed by atoms with Gasteiger partial charge in [0.2, 0.25) is 5.91 Å². The van der Waals surface area contributed by atoms with E-state index in [0.717, 1.165) is 26.1 Å². The van der Waals surface area contributed by atoms with Gasteiger partial charge < -0.3 is 15.8 Å². The maximum absolute atomic E-state index is 11.4. The fourth-order valence-corrected chi connectivity index (χ4v) is 2.03. The normalized spacial score (nSPS) is 27.9. The van der Waals surface area contributed by atoms with Gasteiger partial charge in [-0.2, -0.15) is 0 Å². The van der Waals surface area contributed by atoms with Gasteiger partial charge in [-0.3, -0.25) is 9.69 Å². The van der Waals surface area contributed by atoms with Crippen molar-refractivity contribution < 1.29 is 9.53 Å². The molecule has 0 saturated carbocycles. The summed E-state index contributed by atoms with van der Waals surface area (Å²) in [6.45, 7) is 9.32. The second-order valence-electron chi connectivity index (χ2n) is 4.86. The first-order valence-corrected chi connectivity index (χ1v) is 6.43. The molecule has 100 valence electrons. The number of hydrogen-bond acceptors (Lipinski definition) is 4. The summed E-state index contributed by atoms with van der Waals surface area (Å²) in [5.74, 6) is -0.273. The molecule has 1 fully saturated rings. The zero-order valence-electron chi connectivity index (χ0n) is 11.1. The summed E-state index contributed by atoms with van der Waals surface area (Å²) in [6, 6.07) is 0.0826. The highest BCUT2D eigenvalue weighted by atomic mass is 16.5. The molecule has 1 aliphatic heterocycles. The number of nitrogens with one attached hydrogen (secondary N) is 1. The lowest BCUT2D eigenvalue weighted by molar-refractivity contribution is -0.121. The first-order valence-electron chi connectivity index (χ1n) is 6.43. The van der Waals surface area contributed by atoms with E-state index in [0.29, 0.717) is 12.6 Å². The van der Waals surface area contributed by atoms with E-state index in [1.54, 1.807) is 0 Å². The molecule has 0 bridgehead atoms. The number of nitrogens with two attached hydrogens (primary N) is 1. The zero-order valence-corrected chi connectivity index (χ0v) is 11.1. The lowest BCUT2D eigenvalue weighted by Crippen LogP contribution is -2.55. The summed E-state index contributed by atoms with van der Waals surface area (Å²) in [6.07, 6.45) is 1.23. The number of hydrogen-bond donors (Lipinski definition) is 2. The van der Waals surface area contributed by atoms with E-state index < -0.39 is 0 Å². The molecule has 0 aromatic carbocycles. The Labute approximate surface area is 104 Å². The van der Waals surface area contributed by atoms with Crippen LogP contribution in [0, 0.1) is 0 Å². The highest BCUT2D eigenvalue weighted by molar-refractivity contribution is 5.80. The molecule has 0 aliphatic carbocycles. The third-order valence-corrected chi connectivity index (χ3v) is 3.14. The van der Waals surface area contributed by atoms with Crippen LogP contribution in [0.3, 0.4) is 0 Å². The van der Waals surface area contributed by atoms with Crippen molar-refractivity contribution in [2.75, 3.05) is 26.2 Å². The van der Waals surface area contributed by atoms with Gasteiger partial charge in [-0.1, -0.05) is 6.92 Å². The Hall–Kier alpha value is -0.650. The fourth-order valence-electron chi connectivity index (χ4n) is 2.03. The van der Waals surface area contributed by atoms with E-state index >= 15 is 0 Å². The maximum Gasteiger partial charge on any atom is 0.235 e. The van der Waals surface area contributed by atoms with Gasteiger partial charge in [-0.15, -0.1) is 0 Å². The lowest BCUT2D eigenvalue weighted by atomic mass is 10.1. The number of morpholine rings is 1. The third kappa shape index (κ3) is 4.61. The van der Waals surface area contributed by atoms with E-state index in [2.05, 4.69) is 31.0 Å². The van der Waals surface area contributed by atoms with Crippen molar-refractivity contribution in [1.82, 2.24) is 10.2 Å². The summed E-state index contributed by atoms with van der Waals surface area (Å²) in [4.78, 5) is 13.6. The average molecular weight is 243 g/mol. The van der Waals surface area contributed by atoms with E-state index in [1.807, 2.05) is 0 Å². The van der Waals surface area contributed by atoms with Crippen molar-refractivity contribution in [2.24, 2.45) is 5.73 Å². The Morgan fingerprint density at radius 3 is 2.88 bits per heavy atom. The topological polar surface area (TPSA) is 67.6 Å². The molecule has 5 nitrogen and oxygen atoms in total. The molecule has 0 aromatic heterocycles. The Morgan fingerprint density at radius 1 is 1.59 bits per heavy atom. The number of ether oxygens (including phenoxy) is 1. The van der Waals surface area contributed by atoms with Gasteiger partial charge in [0.15, 0.2) is 0 Å². The summed E-state index contributed by atoms with van der Waals surface area (Å²) in [5, 5.41) is 3.19. The summed E-state index contributed by atoms with van der Waals surface area (Å²) in [5.41, 5.74) is 5.42. The van der Waals surface area contributed by atoms with Crippen LogP contribution in [0.1, 0.15) is 27.2 Å². The summed E-state index contributed by atoms with van der Waals surface area (Å²) in [7, 11) is 0. The minimum atomic E-state index is -0.273. The SMILES string of the molecule is CCCNC(CN1CC(C)OCC1C)C(N)=O. The molecule has 1 amide bonds. The Morgan fingerprint density at radius 2 is 2.29 bits per heavy atom. The van der Waals surface area contributed by atoms with Crippen LogP contribution < -0.4 is 11.1 Å². The monoisotopic (exact) mass is 243 g/mol. The van der Waals surface area contributed by atoms with Crippen molar-refractivity contribution in [3.05, 3.63) is 0 Å². The molecule has 0 radical (unpaired) electrons. The Balaban J connectivity index is 2.49. The van der Waals surface area contributed by atoms with Crippen LogP contribution in [0.4, 0.5) is 0 Å². The van der Waals surface area contributed by atoms with Crippen LogP contribution in [0.15, 0.2) is 0 Å². The van der Waals surface area contributed by atoms with Crippen LogP contribution in [-0.2, 0) is 9.53 Å². The van der Waals surface area contributed by atoms with E-state index in [-0.39, 0.29) is 18.1 Å². The second kappa shape index (κ2) is 6.93. The molecular weight excluding hydrogens is 218 g/mol. The van der Waals surface area contributed by atoms with Crippen LogP contribution in [0.2, 0.25) is 0 Å². The Bertz CT molecular complexity index is 248. The van der Waals surface area contributed by atoms with Crippen molar-refractivity contribution in [2.45, 2.75) is 45.4 Å². The first kappa shape index (κ1) is 14.4. The van der Waals surface area contributed by atoms with E-state index in [4.69, 9.17) is 10.5 Å². The number of nitrogens with zero attached hydrogens (tertiary/aromatic N) is 1. The largest absolute Gasteiger partial charge is 0.376 e. The van der Waals surface area contributed by atoms with Gasteiger partial charge >= 0.3 is 0 Å². The van der Waals surface area contributed by atoms with Gasteiger partial charge in [0.05, 0.1) is 18.8 Å². The van der Waals surface area contributed by atoms with Crippen molar-refractivity contribution in [1.29, 1.82) is 0 Å². The predicted octanol–water partition coefficient (Wildman–Crippen LogP) is -0.0509. The molecule has 17 heavy (non-hydrogen) atoms. The smallest absolute Gasteiger partial charge is 0.235 e. The lowest BCUT2D eigenvalue weighted by Gasteiger charge is -2.38. The first-order chi connectivity index (χ1) is 8.04. The van der Waals surface area contributed by atoms with E-state index in [1.165, 1.54) is 0 Å².